The topological polar surface area (TPSA) is 60.5 Å². The van der Waals surface area contributed by atoms with Gasteiger partial charge < -0.3 is 10.2 Å². The number of amides is 2. The van der Waals surface area contributed by atoms with E-state index in [4.69, 9.17) is 0 Å². The highest BCUT2D eigenvalue weighted by molar-refractivity contribution is 5.88. The number of aromatic nitrogens is 1. The molecule has 0 saturated carbocycles. The lowest BCUT2D eigenvalue weighted by atomic mass is 10.1. The molecule has 3 rings (SSSR count). The average Bonchev–Trinajstić information content (AvgIpc) is 2.63. The molecule has 3 heterocycles. The van der Waals surface area contributed by atoms with Gasteiger partial charge in [0.15, 0.2) is 0 Å². The van der Waals surface area contributed by atoms with E-state index in [1.165, 1.54) is 29.3 Å². The van der Waals surface area contributed by atoms with Crippen molar-refractivity contribution in [3.05, 3.63) is 48.1 Å². The molecule has 26 heavy (non-hydrogen) atoms. The molecule has 1 saturated heterocycles. The van der Waals surface area contributed by atoms with Gasteiger partial charge in [0.25, 0.3) is 0 Å². The van der Waals surface area contributed by atoms with Crippen LogP contribution in [0, 0.1) is 5.82 Å². The van der Waals surface area contributed by atoms with Crippen LogP contribution in [0.4, 0.5) is 28.2 Å². The number of anilines is 1. The van der Waals surface area contributed by atoms with Crippen LogP contribution < -0.4 is 10.6 Å². The van der Waals surface area contributed by atoms with Gasteiger partial charge >= 0.3 is 12.2 Å². The molecule has 1 unspecified atom stereocenters. The second-order valence-corrected chi connectivity index (χ2v) is 5.86. The summed E-state index contributed by atoms with van der Waals surface area (Å²) in [7, 11) is 0. The van der Waals surface area contributed by atoms with E-state index in [9.17, 15) is 22.4 Å². The number of nitrogens with zero attached hydrogens (tertiary/aromatic N) is 3. The monoisotopic (exact) mass is 371 g/mol. The summed E-state index contributed by atoms with van der Waals surface area (Å²) in [5.74, 6) is -0.306. The molecule has 1 aromatic heterocycles. The van der Waals surface area contributed by atoms with E-state index in [1.807, 2.05) is 0 Å². The Labute approximate surface area is 147 Å². The summed E-state index contributed by atoms with van der Waals surface area (Å²) in [6.45, 7) is 1.09. The fourth-order valence-corrected chi connectivity index (χ4v) is 2.85. The van der Waals surface area contributed by atoms with E-state index in [-0.39, 0.29) is 32.0 Å². The molecule has 6 nitrogen and oxygen atoms in total. The van der Waals surface area contributed by atoms with Crippen LogP contribution in [0.3, 0.4) is 0 Å². The molecule has 10 heteroatoms. The van der Waals surface area contributed by atoms with Crippen molar-refractivity contribution in [1.82, 2.24) is 20.1 Å². The van der Waals surface area contributed by atoms with Crippen molar-refractivity contribution in [1.29, 1.82) is 0 Å². The first-order chi connectivity index (χ1) is 12.3. The van der Waals surface area contributed by atoms with Gasteiger partial charge in [0, 0.05) is 26.2 Å². The van der Waals surface area contributed by atoms with Crippen LogP contribution >= 0.6 is 0 Å². The van der Waals surface area contributed by atoms with E-state index in [1.54, 1.807) is 4.90 Å². The maximum absolute atomic E-state index is 13.1. The highest BCUT2D eigenvalue weighted by Crippen LogP contribution is 2.31. The Bertz CT molecular complexity index is 708. The molecule has 1 atom stereocenters. The lowest BCUT2D eigenvalue weighted by Crippen LogP contribution is -2.57. The first-order valence-electron chi connectivity index (χ1n) is 7.96. The van der Waals surface area contributed by atoms with Gasteiger partial charge in [-0.3, -0.25) is 10.2 Å². The summed E-state index contributed by atoms with van der Waals surface area (Å²) in [6, 6.07) is 2.09. The van der Waals surface area contributed by atoms with E-state index in [0.29, 0.717) is 0 Å². The quantitative estimate of drug-likeness (QED) is 0.784. The molecule has 2 aliphatic rings. The number of nitrogens with one attached hydrogen (secondary N) is 2. The summed E-state index contributed by atoms with van der Waals surface area (Å²) in [5, 5.41) is 5.27. The van der Waals surface area contributed by atoms with Gasteiger partial charge in [-0.2, -0.15) is 13.2 Å². The highest BCUT2D eigenvalue weighted by Gasteiger charge is 2.42. The minimum atomic E-state index is -4.43. The third-order valence-electron chi connectivity index (χ3n) is 4.18. The Kier molecular flexibility index (Phi) is 5.12. The summed E-state index contributed by atoms with van der Waals surface area (Å²) in [4.78, 5) is 19.1. The van der Waals surface area contributed by atoms with Crippen molar-refractivity contribution in [3.8, 4) is 0 Å². The van der Waals surface area contributed by atoms with Gasteiger partial charge in [-0.1, -0.05) is 0 Å². The molecular formula is C16H17F4N5O. The Morgan fingerprint density at radius 3 is 2.58 bits per heavy atom. The smallest absolute Gasteiger partial charge is 0.372 e. The molecule has 2 amide bonds. The van der Waals surface area contributed by atoms with Crippen molar-refractivity contribution in [2.24, 2.45) is 0 Å². The predicted molar refractivity (Wildman–Crippen MR) is 86.6 cm³/mol. The van der Waals surface area contributed by atoms with Crippen LogP contribution in [0.25, 0.3) is 0 Å². The van der Waals surface area contributed by atoms with Gasteiger partial charge in [0.2, 0.25) is 0 Å². The Hall–Kier alpha value is -2.62. The van der Waals surface area contributed by atoms with E-state index < -0.39 is 29.8 Å². The molecule has 0 radical (unpaired) electrons. The number of urea groups is 1. The molecule has 0 bridgehead atoms. The maximum Gasteiger partial charge on any atom is 0.415 e. The molecule has 0 aliphatic carbocycles. The number of dihydropyridines is 1. The van der Waals surface area contributed by atoms with Crippen molar-refractivity contribution in [2.45, 2.75) is 12.3 Å². The zero-order valence-electron chi connectivity index (χ0n) is 13.6. The zero-order valence-corrected chi connectivity index (χ0v) is 13.6. The van der Waals surface area contributed by atoms with E-state index in [2.05, 4.69) is 15.6 Å². The standard InChI is InChI=1S/C16H17F4N5O/c17-11-3-4-13(22-10-11)23-15(26)25-8-6-24(7-9-25)14-12(16(18,19)20)2-1-5-21-14/h1-5,10,14,21H,6-9H2,(H,22,23,26). The molecule has 140 valence electrons. The lowest BCUT2D eigenvalue weighted by molar-refractivity contribution is -0.104. The van der Waals surface area contributed by atoms with Gasteiger partial charge in [-0.05, 0) is 30.5 Å². The Balaban J connectivity index is 1.57. The normalized spacial score (nSPS) is 21.2. The number of halogens is 4. The first kappa shape index (κ1) is 18.2. The van der Waals surface area contributed by atoms with Crippen LogP contribution in [0.2, 0.25) is 0 Å². The number of hydrogen-bond acceptors (Lipinski definition) is 4. The minimum Gasteiger partial charge on any atom is -0.372 e. The summed E-state index contributed by atoms with van der Waals surface area (Å²) in [5.41, 5.74) is -0.659. The average molecular weight is 371 g/mol. The van der Waals surface area contributed by atoms with Crippen molar-refractivity contribution in [2.75, 3.05) is 31.5 Å². The second-order valence-electron chi connectivity index (χ2n) is 5.86. The number of pyridine rings is 1. The molecule has 2 N–H and O–H groups in total. The third-order valence-corrected chi connectivity index (χ3v) is 4.18. The van der Waals surface area contributed by atoms with Crippen molar-refractivity contribution in [3.63, 3.8) is 0 Å². The molecule has 0 aromatic carbocycles. The fraction of sp³-hybridized carbons (Fsp3) is 0.375. The van der Waals surface area contributed by atoms with Gasteiger partial charge in [0.1, 0.15) is 17.8 Å². The number of piperazine rings is 1. The van der Waals surface area contributed by atoms with Crippen LogP contribution in [0.15, 0.2) is 42.3 Å². The Morgan fingerprint density at radius 2 is 1.96 bits per heavy atom. The Morgan fingerprint density at radius 1 is 1.23 bits per heavy atom. The third kappa shape index (κ3) is 4.13. The van der Waals surface area contributed by atoms with Gasteiger partial charge in [0.05, 0.1) is 11.8 Å². The SMILES string of the molecule is O=C(Nc1ccc(F)cn1)N1CCN(C2NC=CC=C2C(F)(F)F)CC1. The molecule has 0 spiro atoms. The van der Waals surface area contributed by atoms with Crippen molar-refractivity contribution >= 4 is 11.8 Å². The summed E-state index contributed by atoms with van der Waals surface area (Å²) in [6.07, 6.45) is -0.561. The van der Waals surface area contributed by atoms with Crippen LogP contribution in [-0.2, 0) is 0 Å². The first-order valence-corrected chi connectivity index (χ1v) is 7.96. The second kappa shape index (κ2) is 7.32. The number of hydrogen-bond donors (Lipinski definition) is 2. The number of rotatable bonds is 2. The molecule has 1 aromatic rings. The van der Waals surface area contributed by atoms with Crippen LogP contribution in [0.1, 0.15) is 0 Å². The number of carbonyl (C=O) groups excluding carboxylic acids is 1. The number of carbonyl (C=O) groups is 1. The van der Waals surface area contributed by atoms with E-state index in [0.717, 1.165) is 12.3 Å². The number of allylic oxidation sites excluding steroid dienone is 2. The lowest BCUT2D eigenvalue weighted by Gasteiger charge is -2.41. The minimum absolute atomic E-state index is 0.209. The zero-order chi connectivity index (χ0) is 18.7. The van der Waals surface area contributed by atoms with Crippen LogP contribution in [-0.4, -0.2) is 59.3 Å². The summed E-state index contributed by atoms with van der Waals surface area (Å²) < 4.78 is 52.3. The molecule has 1 fully saturated rings. The molecular weight excluding hydrogens is 354 g/mol. The van der Waals surface area contributed by atoms with Crippen LogP contribution in [0.5, 0.6) is 0 Å². The molecule has 2 aliphatic heterocycles. The largest absolute Gasteiger partial charge is 0.415 e. The van der Waals surface area contributed by atoms with Crippen molar-refractivity contribution < 1.29 is 22.4 Å². The highest BCUT2D eigenvalue weighted by atomic mass is 19.4. The number of alkyl halides is 3. The fourth-order valence-electron chi connectivity index (χ4n) is 2.85. The summed E-state index contributed by atoms with van der Waals surface area (Å²) >= 11 is 0. The van der Waals surface area contributed by atoms with E-state index >= 15 is 0 Å². The predicted octanol–water partition coefficient (Wildman–Crippen LogP) is 2.30. The van der Waals surface area contributed by atoms with Gasteiger partial charge in [-0.15, -0.1) is 0 Å². The maximum atomic E-state index is 13.1. The van der Waals surface area contributed by atoms with Gasteiger partial charge in [-0.25, -0.2) is 14.2 Å².